The summed E-state index contributed by atoms with van der Waals surface area (Å²) in [6.07, 6.45) is 4.01. The van der Waals surface area contributed by atoms with Crippen molar-refractivity contribution < 1.29 is 0 Å². The van der Waals surface area contributed by atoms with Crippen molar-refractivity contribution in [1.82, 2.24) is 0 Å². The van der Waals surface area contributed by atoms with Gasteiger partial charge in [0.15, 0.2) is 0 Å². The molecular weight excluding hydrogens is 242 g/mol. The van der Waals surface area contributed by atoms with Crippen molar-refractivity contribution in [3.8, 4) is 0 Å². The van der Waals surface area contributed by atoms with Crippen molar-refractivity contribution in [3.05, 3.63) is 72.3 Å². The molecule has 1 fully saturated rings. The summed E-state index contributed by atoms with van der Waals surface area (Å²) >= 11 is 0. The van der Waals surface area contributed by atoms with E-state index in [9.17, 15) is 0 Å². The van der Waals surface area contributed by atoms with Crippen LogP contribution in [-0.4, -0.2) is 13.1 Å². The van der Waals surface area contributed by atoms with Crippen LogP contribution < -0.4 is 4.90 Å². The van der Waals surface area contributed by atoms with Crippen molar-refractivity contribution in [2.75, 3.05) is 18.0 Å². The molecule has 1 aliphatic heterocycles. The van der Waals surface area contributed by atoms with Crippen molar-refractivity contribution in [3.63, 3.8) is 0 Å². The molecule has 20 heavy (non-hydrogen) atoms. The predicted octanol–water partition coefficient (Wildman–Crippen LogP) is 4.74. The highest BCUT2D eigenvalue weighted by molar-refractivity contribution is 5.78. The lowest BCUT2D eigenvalue weighted by Gasteiger charge is -2.29. The van der Waals surface area contributed by atoms with Gasteiger partial charge in [0.2, 0.25) is 0 Å². The second kappa shape index (κ2) is 5.96. The SMILES string of the molecule is C=C(c1ccccc1)c1ccc(N2CCCCC2)cc1. The summed E-state index contributed by atoms with van der Waals surface area (Å²) in [6, 6.07) is 19.2. The molecule has 1 nitrogen and oxygen atoms in total. The molecule has 0 bridgehead atoms. The Labute approximate surface area is 121 Å². The monoisotopic (exact) mass is 263 g/mol. The van der Waals surface area contributed by atoms with Gasteiger partial charge in [-0.05, 0) is 48.1 Å². The summed E-state index contributed by atoms with van der Waals surface area (Å²) in [6.45, 7) is 6.61. The first-order valence-corrected chi connectivity index (χ1v) is 7.44. The van der Waals surface area contributed by atoms with Crippen LogP contribution in [0.2, 0.25) is 0 Å². The van der Waals surface area contributed by atoms with Gasteiger partial charge in [-0.25, -0.2) is 0 Å². The summed E-state index contributed by atoms with van der Waals surface area (Å²) in [5.74, 6) is 0. The van der Waals surface area contributed by atoms with Crippen LogP contribution in [0, 0.1) is 0 Å². The third kappa shape index (κ3) is 2.77. The van der Waals surface area contributed by atoms with E-state index in [2.05, 4.69) is 60.0 Å². The minimum Gasteiger partial charge on any atom is -0.372 e. The maximum atomic E-state index is 4.22. The van der Waals surface area contributed by atoms with Crippen LogP contribution in [0.25, 0.3) is 5.57 Å². The molecule has 0 N–H and O–H groups in total. The van der Waals surface area contributed by atoms with Crippen molar-refractivity contribution in [2.45, 2.75) is 19.3 Å². The van der Waals surface area contributed by atoms with Gasteiger partial charge in [0.1, 0.15) is 0 Å². The Morgan fingerprint density at radius 2 is 1.35 bits per heavy atom. The predicted molar refractivity (Wildman–Crippen MR) is 87.1 cm³/mol. The Balaban J connectivity index is 1.77. The fourth-order valence-corrected chi connectivity index (χ4v) is 2.83. The number of hydrogen-bond acceptors (Lipinski definition) is 1. The maximum absolute atomic E-state index is 4.22. The zero-order chi connectivity index (χ0) is 13.8. The molecule has 3 rings (SSSR count). The largest absolute Gasteiger partial charge is 0.372 e. The third-order valence-electron chi connectivity index (χ3n) is 4.06. The van der Waals surface area contributed by atoms with Crippen LogP contribution in [0.3, 0.4) is 0 Å². The molecule has 0 unspecified atom stereocenters. The van der Waals surface area contributed by atoms with Gasteiger partial charge in [0.05, 0.1) is 0 Å². The summed E-state index contributed by atoms with van der Waals surface area (Å²) in [5, 5.41) is 0. The molecule has 0 amide bonds. The van der Waals surface area contributed by atoms with E-state index in [0.717, 1.165) is 5.57 Å². The lowest BCUT2D eigenvalue weighted by atomic mass is 9.99. The molecule has 0 atom stereocenters. The summed E-state index contributed by atoms with van der Waals surface area (Å²) in [7, 11) is 0. The topological polar surface area (TPSA) is 3.24 Å². The summed E-state index contributed by atoms with van der Waals surface area (Å²) in [5.41, 5.74) is 4.83. The van der Waals surface area contributed by atoms with Gasteiger partial charge < -0.3 is 4.90 Å². The van der Waals surface area contributed by atoms with E-state index in [1.165, 1.54) is 49.2 Å². The number of hydrogen-bond donors (Lipinski definition) is 0. The van der Waals surface area contributed by atoms with E-state index >= 15 is 0 Å². The summed E-state index contributed by atoms with van der Waals surface area (Å²) in [4.78, 5) is 2.48. The highest BCUT2D eigenvalue weighted by Crippen LogP contribution is 2.25. The van der Waals surface area contributed by atoms with Crippen molar-refractivity contribution >= 4 is 11.3 Å². The van der Waals surface area contributed by atoms with E-state index in [1.807, 2.05) is 6.07 Å². The fourth-order valence-electron chi connectivity index (χ4n) is 2.83. The van der Waals surface area contributed by atoms with Crippen LogP contribution in [0.4, 0.5) is 5.69 Å². The Kier molecular flexibility index (Phi) is 3.87. The average Bonchev–Trinajstić information content (AvgIpc) is 2.56. The van der Waals surface area contributed by atoms with Crippen LogP contribution in [0.1, 0.15) is 30.4 Å². The molecule has 0 saturated carbocycles. The fraction of sp³-hybridized carbons (Fsp3) is 0.263. The molecule has 2 aromatic rings. The molecule has 102 valence electrons. The van der Waals surface area contributed by atoms with Crippen molar-refractivity contribution in [1.29, 1.82) is 0 Å². The van der Waals surface area contributed by atoms with Crippen LogP contribution in [-0.2, 0) is 0 Å². The highest BCUT2D eigenvalue weighted by Gasteiger charge is 2.11. The quantitative estimate of drug-likeness (QED) is 0.773. The van der Waals surface area contributed by atoms with E-state index in [-0.39, 0.29) is 0 Å². The number of rotatable bonds is 3. The van der Waals surface area contributed by atoms with Crippen LogP contribution in [0.5, 0.6) is 0 Å². The zero-order valence-corrected chi connectivity index (χ0v) is 11.9. The van der Waals surface area contributed by atoms with Gasteiger partial charge in [-0.1, -0.05) is 49.0 Å². The zero-order valence-electron chi connectivity index (χ0n) is 11.9. The smallest absolute Gasteiger partial charge is 0.0366 e. The van der Waals surface area contributed by atoms with Crippen LogP contribution in [0.15, 0.2) is 61.2 Å². The van der Waals surface area contributed by atoms with Crippen molar-refractivity contribution in [2.24, 2.45) is 0 Å². The van der Waals surface area contributed by atoms with E-state index in [4.69, 9.17) is 0 Å². The number of benzene rings is 2. The van der Waals surface area contributed by atoms with Gasteiger partial charge in [0, 0.05) is 18.8 Å². The van der Waals surface area contributed by atoms with E-state index in [1.54, 1.807) is 0 Å². The molecular formula is C19H21N. The first kappa shape index (κ1) is 13.0. The van der Waals surface area contributed by atoms with Gasteiger partial charge in [-0.3, -0.25) is 0 Å². The van der Waals surface area contributed by atoms with Gasteiger partial charge >= 0.3 is 0 Å². The van der Waals surface area contributed by atoms with Gasteiger partial charge in [-0.15, -0.1) is 0 Å². The lowest BCUT2D eigenvalue weighted by Crippen LogP contribution is -2.29. The minimum atomic E-state index is 1.09. The highest BCUT2D eigenvalue weighted by atomic mass is 15.1. The van der Waals surface area contributed by atoms with Crippen LogP contribution >= 0.6 is 0 Å². The van der Waals surface area contributed by atoms with E-state index < -0.39 is 0 Å². The molecule has 1 saturated heterocycles. The Bertz CT molecular complexity index is 562. The average molecular weight is 263 g/mol. The van der Waals surface area contributed by atoms with Gasteiger partial charge in [-0.2, -0.15) is 0 Å². The lowest BCUT2D eigenvalue weighted by molar-refractivity contribution is 0.578. The first-order chi connectivity index (χ1) is 9.84. The Hall–Kier alpha value is -2.02. The minimum absolute atomic E-state index is 1.09. The molecule has 1 heterocycles. The second-order valence-electron chi connectivity index (χ2n) is 5.44. The normalized spacial score (nSPS) is 15.1. The van der Waals surface area contributed by atoms with Gasteiger partial charge in [0.25, 0.3) is 0 Å². The second-order valence-corrected chi connectivity index (χ2v) is 5.44. The third-order valence-corrected chi connectivity index (χ3v) is 4.06. The first-order valence-electron chi connectivity index (χ1n) is 7.44. The maximum Gasteiger partial charge on any atom is 0.0366 e. The number of piperidine rings is 1. The Morgan fingerprint density at radius 1 is 0.750 bits per heavy atom. The molecule has 1 heteroatoms. The molecule has 0 radical (unpaired) electrons. The number of anilines is 1. The number of nitrogens with zero attached hydrogens (tertiary/aromatic N) is 1. The molecule has 1 aliphatic rings. The molecule has 0 aliphatic carbocycles. The van der Waals surface area contributed by atoms with E-state index in [0.29, 0.717) is 0 Å². The Morgan fingerprint density at radius 3 is 2.00 bits per heavy atom. The molecule has 0 spiro atoms. The molecule has 0 aromatic heterocycles. The molecule has 2 aromatic carbocycles. The standard InChI is InChI=1S/C19H21N/c1-16(17-8-4-2-5-9-17)18-10-12-19(13-11-18)20-14-6-3-7-15-20/h2,4-5,8-13H,1,3,6-7,14-15H2. The summed E-state index contributed by atoms with van der Waals surface area (Å²) < 4.78 is 0.